The standard InChI is InChI=1S/C14H15N3O3/c1-14(13(19)20)5-7-16(9-14)12(18)10-8-15-17-6-3-2-4-11(10)17/h2-4,6,8H,5,7,9H2,1H3,(H,19,20). The number of carboxylic acids is 1. The van der Waals surface area contributed by atoms with Crippen molar-refractivity contribution >= 4 is 17.4 Å². The van der Waals surface area contributed by atoms with Crippen LogP contribution < -0.4 is 0 Å². The average molecular weight is 273 g/mol. The van der Waals surface area contributed by atoms with Gasteiger partial charge in [-0.3, -0.25) is 9.59 Å². The largest absolute Gasteiger partial charge is 0.481 e. The number of pyridine rings is 1. The summed E-state index contributed by atoms with van der Waals surface area (Å²) in [5.74, 6) is -1.01. The molecule has 0 saturated carbocycles. The molecule has 0 aliphatic carbocycles. The number of likely N-dealkylation sites (tertiary alicyclic amines) is 1. The van der Waals surface area contributed by atoms with E-state index in [1.54, 1.807) is 22.5 Å². The molecule has 0 radical (unpaired) electrons. The van der Waals surface area contributed by atoms with Crippen LogP contribution in [0.5, 0.6) is 0 Å². The molecule has 1 unspecified atom stereocenters. The van der Waals surface area contributed by atoms with Gasteiger partial charge in [-0.05, 0) is 25.5 Å². The van der Waals surface area contributed by atoms with Crippen LogP contribution in [0.4, 0.5) is 0 Å². The van der Waals surface area contributed by atoms with E-state index < -0.39 is 11.4 Å². The first-order valence-electron chi connectivity index (χ1n) is 6.46. The van der Waals surface area contributed by atoms with Crippen LogP contribution in [0.25, 0.3) is 5.52 Å². The van der Waals surface area contributed by atoms with Gasteiger partial charge in [0.2, 0.25) is 0 Å². The molecule has 6 nitrogen and oxygen atoms in total. The van der Waals surface area contributed by atoms with Crippen LogP contribution in [0.3, 0.4) is 0 Å². The summed E-state index contributed by atoms with van der Waals surface area (Å²) in [5, 5.41) is 13.4. The third kappa shape index (κ3) is 1.84. The minimum Gasteiger partial charge on any atom is -0.481 e. The highest BCUT2D eigenvalue weighted by Gasteiger charge is 2.42. The van der Waals surface area contributed by atoms with Gasteiger partial charge in [0, 0.05) is 19.3 Å². The van der Waals surface area contributed by atoms with Gasteiger partial charge in [0.1, 0.15) is 0 Å². The van der Waals surface area contributed by atoms with Gasteiger partial charge in [0.15, 0.2) is 0 Å². The zero-order valence-electron chi connectivity index (χ0n) is 11.1. The summed E-state index contributed by atoms with van der Waals surface area (Å²) in [7, 11) is 0. The lowest BCUT2D eigenvalue weighted by Crippen LogP contribution is -2.34. The molecule has 6 heteroatoms. The Morgan fingerprint density at radius 2 is 2.20 bits per heavy atom. The second-order valence-corrected chi connectivity index (χ2v) is 5.43. The number of hydrogen-bond donors (Lipinski definition) is 1. The summed E-state index contributed by atoms with van der Waals surface area (Å²) in [4.78, 5) is 25.3. The SMILES string of the molecule is CC1(C(=O)O)CCN(C(=O)c2cnn3ccccc23)C1. The first-order valence-corrected chi connectivity index (χ1v) is 6.46. The molecular formula is C14H15N3O3. The van der Waals surface area contributed by atoms with Gasteiger partial charge in [0.25, 0.3) is 5.91 Å². The Balaban J connectivity index is 1.89. The van der Waals surface area contributed by atoms with Crippen molar-refractivity contribution in [1.82, 2.24) is 14.5 Å². The molecule has 1 amide bonds. The quantitative estimate of drug-likeness (QED) is 0.894. The molecule has 104 valence electrons. The van der Waals surface area contributed by atoms with Crippen molar-refractivity contribution < 1.29 is 14.7 Å². The summed E-state index contributed by atoms with van der Waals surface area (Å²) in [6.45, 7) is 2.38. The van der Waals surface area contributed by atoms with Crippen molar-refractivity contribution in [3.63, 3.8) is 0 Å². The van der Waals surface area contributed by atoms with Gasteiger partial charge in [-0.2, -0.15) is 5.10 Å². The van der Waals surface area contributed by atoms with E-state index in [0.29, 0.717) is 18.5 Å². The predicted molar refractivity (Wildman–Crippen MR) is 71.5 cm³/mol. The molecule has 20 heavy (non-hydrogen) atoms. The maximum Gasteiger partial charge on any atom is 0.311 e. The molecule has 0 aromatic carbocycles. The molecule has 0 spiro atoms. The number of aromatic nitrogens is 2. The van der Waals surface area contributed by atoms with Crippen molar-refractivity contribution in [2.45, 2.75) is 13.3 Å². The van der Waals surface area contributed by atoms with Gasteiger partial charge >= 0.3 is 5.97 Å². The lowest BCUT2D eigenvalue weighted by molar-refractivity contribution is -0.147. The Kier molecular flexibility index (Phi) is 2.74. The number of hydrogen-bond acceptors (Lipinski definition) is 3. The van der Waals surface area contributed by atoms with Crippen LogP contribution in [-0.4, -0.2) is 44.6 Å². The summed E-state index contributed by atoms with van der Waals surface area (Å²) in [6.07, 6.45) is 3.79. The lowest BCUT2D eigenvalue weighted by Gasteiger charge is -2.19. The lowest BCUT2D eigenvalue weighted by atomic mass is 9.90. The molecule has 1 atom stereocenters. The summed E-state index contributed by atoms with van der Waals surface area (Å²) >= 11 is 0. The van der Waals surface area contributed by atoms with Crippen molar-refractivity contribution in [3.8, 4) is 0 Å². The van der Waals surface area contributed by atoms with Gasteiger partial charge < -0.3 is 10.0 Å². The average Bonchev–Trinajstić information content (AvgIpc) is 3.03. The van der Waals surface area contributed by atoms with Crippen LogP contribution in [0.1, 0.15) is 23.7 Å². The van der Waals surface area contributed by atoms with Crippen LogP contribution in [0.2, 0.25) is 0 Å². The molecular weight excluding hydrogens is 258 g/mol. The topological polar surface area (TPSA) is 74.9 Å². The van der Waals surface area contributed by atoms with E-state index in [1.165, 1.54) is 6.20 Å². The Morgan fingerprint density at radius 1 is 1.40 bits per heavy atom. The molecule has 1 aliphatic rings. The second-order valence-electron chi connectivity index (χ2n) is 5.43. The molecule has 1 N–H and O–H groups in total. The minimum atomic E-state index is -0.854. The van der Waals surface area contributed by atoms with Gasteiger partial charge in [0.05, 0.1) is 22.7 Å². The number of carbonyl (C=O) groups excluding carboxylic acids is 1. The third-order valence-electron chi connectivity index (χ3n) is 3.93. The maximum absolute atomic E-state index is 12.5. The number of nitrogens with zero attached hydrogens (tertiary/aromatic N) is 3. The Labute approximate surface area is 115 Å². The van der Waals surface area contributed by atoms with E-state index in [2.05, 4.69) is 5.10 Å². The van der Waals surface area contributed by atoms with Crippen molar-refractivity contribution in [2.24, 2.45) is 5.41 Å². The number of amides is 1. The minimum absolute atomic E-state index is 0.156. The Morgan fingerprint density at radius 3 is 2.90 bits per heavy atom. The maximum atomic E-state index is 12.5. The number of carboxylic acid groups (broad SMARTS) is 1. The summed E-state index contributed by atoms with van der Waals surface area (Å²) in [6, 6.07) is 5.51. The molecule has 2 aromatic heterocycles. The van der Waals surface area contributed by atoms with Gasteiger partial charge in [-0.25, -0.2) is 4.52 Å². The van der Waals surface area contributed by atoms with Crippen molar-refractivity contribution in [3.05, 3.63) is 36.2 Å². The third-order valence-corrected chi connectivity index (χ3v) is 3.93. The number of rotatable bonds is 2. The molecule has 1 fully saturated rings. The van der Waals surface area contributed by atoms with E-state index in [-0.39, 0.29) is 12.5 Å². The van der Waals surface area contributed by atoms with Crippen molar-refractivity contribution in [1.29, 1.82) is 0 Å². The molecule has 2 aromatic rings. The van der Waals surface area contributed by atoms with E-state index in [0.717, 1.165) is 5.52 Å². The fourth-order valence-corrected chi connectivity index (χ4v) is 2.58. The smallest absolute Gasteiger partial charge is 0.311 e. The van der Waals surface area contributed by atoms with E-state index in [4.69, 9.17) is 0 Å². The normalized spacial score (nSPS) is 22.4. The summed E-state index contributed by atoms with van der Waals surface area (Å²) in [5.41, 5.74) is 0.403. The molecule has 3 rings (SSSR count). The number of fused-ring (bicyclic) bond motifs is 1. The highest BCUT2D eigenvalue weighted by Crippen LogP contribution is 2.31. The van der Waals surface area contributed by atoms with E-state index in [9.17, 15) is 14.7 Å². The number of aliphatic carboxylic acids is 1. The Hall–Kier alpha value is -2.37. The monoisotopic (exact) mass is 273 g/mol. The fourth-order valence-electron chi connectivity index (χ4n) is 2.58. The summed E-state index contributed by atoms with van der Waals surface area (Å²) < 4.78 is 1.64. The molecule has 0 bridgehead atoms. The van der Waals surface area contributed by atoms with Crippen LogP contribution in [-0.2, 0) is 4.79 Å². The van der Waals surface area contributed by atoms with Crippen molar-refractivity contribution in [2.75, 3.05) is 13.1 Å². The highest BCUT2D eigenvalue weighted by atomic mass is 16.4. The zero-order chi connectivity index (χ0) is 14.3. The molecule has 1 aliphatic heterocycles. The first kappa shape index (κ1) is 12.7. The fraction of sp³-hybridized carbons (Fsp3) is 0.357. The van der Waals surface area contributed by atoms with Crippen LogP contribution in [0, 0.1) is 5.41 Å². The number of carbonyl (C=O) groups is 2. The predicted octanol–water partition coefficient (Wildman–Crippen LogP) is 1.27. The molecule has 3 heterocycles. The second kappa shape index (κ2) is 4.33. The van der Waals surface area contributed by atoms with Crippen LogP contribution in [0.15, 0.2) is 30.6 Å². The zero-order valence-corrected chi connectivity index (χ0v) is 11.1. The van der Waals surface area contributed by atoms with Gasteiger partial charge in [-0.1, -0.05) is 6.07 Å². The van der Waals surface area contributed by atoms with E-state index in [1.807, 2.05) is 18.2 Å². The Bertz CT molecular complexity index is 694. The molecule has 1 saturated heterocycles. The van der Waals surface area contributed by atoms with E-state index >= 15 is 0 Å². The van der Waals surface area contributed by atoms with Crippen LogP contribution >= 0.6 is 0 Å². The van der Waals surface area contributed by atoms with Gasteiger partial charge in [-0.15, -0.1) is 0 Å². The highest BCUT2D eigenvalue weighted by molar-refractivity contribution is 6.01. The first-order chi connectivity index (χ1) is 9.51.